The fourth-order valence-corrected chi connectivity index (χ4v) is 2.41. The van der Waals surface area contributed by atoms with Crippen LogP contribution >= 0.6 is 11.6 Å². The molecule has 3 rings (SSSR count). The third kappa shape index (κ3) is 3.23. The fraction of sp³-hybridized carbons (Fsp3) is 0.118. The minimum Gasteiger partial charge on any atom is -0.326 e. The number of nitrogens with zero attached hydrogens (tertiary/aromatic N) is 2. The summed E-state index contributed by atoms with van der Waals surface area (Å²) in [5.41, 5.74) is 3.77. The predicted molar refractivity (Wildman–Crippen MR) is 88.1 cm³/mol. The largest absolute Gasteiger partial charge is 0.326 e. The maximum Gasteiger partial charge on any atom is 0.230 e. The van der Waals surface area contributed by atoms with Gasteiger partial charge >= 0.3 is 0 Å². The lowest BCUT2D eigenvalue weighted by molar-refractivity contribution is -0.115. The van der Waals surface area contributed by atoms with Crippen molar-refractivity contribution in [3.63, 3.8) is 0 Å². The molecule has 0 radical (unpaired) electrons. The molecule has 0 atom stereocenters. The van der Waals surface area contributed by atoms with Crippen molar-refractivity contribution in [2.24, 2.45) is 0 Å². The van der Waals surface area contributed by atoms with Gasteiger partial charge in [-0.2, -0.15) is 0 Å². The Labute approximate surface area is 133 Å². The van der Waals surface area contributed by atoms with Crippen molar-refractivity contribution in [1.82, 2.24) is 9.97 Å². The average Bonchev–Trinajstić information content (AvgIpc) is 2.48. The van der Waals surface area contributed by atoms with Gasteiger partial charge < -0.3 is 5.32 Å². The lowest BCUT2D eigenvalue weighted by Gasteiger charge is -2.07. The molecule has 0 saturated carbocycles. The number of anilines is 1. The van der Waals surface area contributed by atoms with Gasteiger partial charge in [-0.3, -0.25) is 4.79 Å². The van der Waals surface area contributed by atoms with Crippen LogP contribution in [0.5, 0.6) is 0 Å². The average molecular weight is 312 g/mol. The van der Waals surface area contributed by atoms with E-state index in [0.29, 0.717) is 5.69 Å². The topological polar surface area (TPSA) is 54.9 Å². The summed E-state index contributed by atoms with van der Waals surface area (Å²) < 4.78 is 0. The van der Waals surface area contributed by atoms with Crippen molar-refractivity contribution < 1.29 is 4.79 Å². The molecular weight excluding hydrogens is 298 g/mol. The van der Waals surface area contributed by atoms with Gasteiger partial charge in [0.1, 0.15) is 0 Å². The first kappa shape index (κ1) is 14.5. The number of fused-ring (bicyclic) bond motifs is 1. The molecule has 1 N–H and O–H groups in total. The Kier molecular flexibility index (Phi) is 4.02. The quantitative estimate of drug-likeness (QED) is 0.801. The van der Waals surface area contributed by atoms with Crippen LogP contribution in [0.25, 0.3) is 11.0 Å². The summed E-state index contributed by atoms with van der Waals surface area (Å²) >= 11 is 6.12. The number of benzene rings is 2. The van der Waals surface area contributed by atoms with Crippen molar-refractivity contribution in [2.45, 2.75) is 13.3 Å². The Bertz CT molecular complexity index is 848. The van der Waals surface area contributed by atoms with Crippen LogP contribution in [0.3, 0.4) is 0 Å². The van der Waals surface area contributed by atoms with E-state index < -0.39 is 0 Å². The molecule has 0 aliphatic rings. The second-order valence-electron chi connectivity index (χ2n) is 5.04. The van der Waals surface area contributed by atoms with Crippen LogP contribution in [0.15, 0.2) is 48.5 Å². The zero-order valence-corrected chi connectivity index (χ0v) is 12.8. The SMILES string of the molecule is Cc1cccc(NC(=O)Cc2nc3ccccc3nc2Cl)c1. The first-order valence-electron chi connectivity index (χ1n) is 6.89. The Hall–Kier alpha value is -2.46. The summed E-state index contributed by atoms with van der Waals surface area (Å²) in [6.07, 6.45) is 0.0879. The van der Waals surface area contributed by atoms with Crippen LogP contribution in [0.2, 0.25) is 5.15 Å². The van der Waals surface area contributed by atoms with Gasteiger partial charge in [0, 0.05) is 5.69 Å². The van der Waals surface area contributed by atoms with Crippen molar-refractivity contribution in [1.29, 1.82) is 0 Å². The predicted octanol–water partition coefficient (Wildman–Crippen LogP) is 3.77. The van der Waals surface area contributed by atoms with Crippen molar-refractivity contribution >= 4 is 34.2 Å². The Balaban J connectivity index is 1.80. The number of rotatable bonds is 3. The number of hydrogen-bond donors (Lipinski definition) is 1. The number of amides is 1. The molecule has 2 aromatic carbocycles. The van der Waals surface area contributed by atoms with E-state index >= 15 is 0 Å². The standard InChI is InChI=1S/C17H14ClN3O/c1-11-5-4-6-12(9-11)19-16(22)10-15-17(18)21-14-8-3-2-7-13(14)20-15/h2-9H,10H2,1H3,(H,19,22). The van der Waals surface area contributed by atoms with Crippen molar-refractivity contribution in [2.75, 3.05) is 5.32 Å². The summed E-state index contributed by atoms with van der Waals surface area (Å²) in [4.78, 5) is 20.8. The molecule has 0 aliphatic heterocycles. The molecule has 22 heavy (non-hydrogen) atoms. The second kappa shape index (κ2) is 6.12. The van der Waals surface area contributed by atoms with E-state index in [1.54, 1.807) is 0 Å². The van der Waals surface area contributed by atoms with Gasteiger partial charge in [-0.25, -0.2) is 9.97 Å². The number of carbonyl (C=O) groups is 1. The zero-order chi connectivity index (χ0) is 15.5. The summed E-state index contributed by atoms with van der Waals surface area (Å²) in [5.74, 6) is -0.169. The van der Waals surface area contributed by atoms with E-state index in [4.69, 9.17) is 11.6 Å². The molecule has 3 aromatic rings. The van der Waals surface area contributed by atoms with Crippen LogP contribution in [-0.2, 0) is 11.2 Å². The molecular formula is C17H14ClN3O. The molecule has 1 aromatic heterocycles. The zero-order valence-electron chi connectivity index (χ0n) is 12.0. The molecule has 110 valence electrons. The molecule has 4 nitrogen and oxygen atoms in total. The van der Waals surface area contributed by atoms with Crippen molar-refractivity contribution in [3.05, 3.63) is 64.9 Å². The Morgan fingerprint density at radius 1 is 1.09 bits per heavy atom. The smallest absolute Gasteiger partial charge is 0.230 e. The lowest BCUT2D eigenvalue weighted by Crippen LogP contribution is -2.16. The molecule has 0 fully saturated rings. The molecule has 1 amide bonds. The van der Waals surface area contributed by atoms with Crippen LogP contribution in [0.4, 0.5) is 5.69 Å². The Morgan fingerprint density at radius 3 is 2.55 bits per heavy atom. The van der Waals surface area contributed by atoms with Gasteiger partial charge in [0.25, 0.3) is 0 Å². The number of nitrogens with one attached hydrogen (secondary N) is 1. The molecule has 0 spiro atoms. The van der Waals surface area contributed by atoms with Gasteiger partial charge in [-0.05, 0) is 36.8 Å². The minimum absolute atomic E-state index is 0.0879. The van der Waals surface area contributed by atoms with Crippen LogP contribution in [-0.4, -0.2) is 15.9 Å². The highest BCUT2D eigenvalue weighted by Gasteiger charge is 2.11. The van der Waals surface area contributed by atoms with E-state index in [-0.39, 0.29) is 17.5 Å². The van der Waals surface area contributed by atoms with Gasteiger partial charge in [0.2, 0.25) is 5.91 Å². The number of aromatic nitrogens is 2. The maximum atomic E-state index is 12.1. The summed E-state index contributed by atoms with van der Waals surface area (Å²) in [6, 6.07) is 15.1. The number of carbonyl (C=O) groups excluding carboxylic acids is 1. The Morgan fingerprint density at radius 2 is 1.82 bits per heavy atom. The van der Waals surface area contributed by atoms with Gasteiger partial charge in [-0.15, -0.1) is 0 Å². The van der Waals surface area contributed by atoms with Gasteiger partial charge in [-0.1, -0.05) is 35.9 Å². The molecule has 0 aliphatic carbocycles. The van der Waals surface area contributed by atoms with E-state index in [1.165, 1.54) is 0 Å². The summed E-state index contributed by atoms with van der Waals surface area (Å²) in [7, 11) is 0. The highest BCUT2D eigenvalue weighted by Crippen LogP contribution is 2.18. The normalized spacial score (nSPS) is 10.6. The number of hydrogen-bond acceptors (Lipinski definition) is 3. The highest BCUT2D eigenvalue weighted by atomic mass is 35.5. The molecule has 5 heteroatoms. The van der Waals surface area contributed by atoms with Crippen molar-refractivity contribution in [3.8, 4) is 0 Å². The van der Waals surface area contributed by atoms with Gasteiger partial charge in [0.05, 0.1) is 23.1 Å². The molecule has 0 bridgehead atoms. The van der Waals surface area contributed by atoms with E-state index in [0.717, 1.165) is 22.3 Å². The molecule has 0 saturated heterocycles. The molecule has 0 unspecified atom stereocenters. The monoisotopic (exact) mass is 311 g/mol. The van der Waals surface area contributed by atoms with E-state index in [1.807, 2.05) is 55.5 Å². The molecule has 1 heterocycles. The van der Waals surface area contributed by atoms with Crippen LogP contribution in [0.1, 0.15) is 11.3 Å². The van der Waals surface area contributed by atoms with Crippen LogP contribution in [0, 0.1) is 6.92 Å². The first-order chi connectivity index (χ1) is 10.6. The summed E-state index contributed by atoms with van der Waals surface area (Å²) in [6.45, 7) is 1.97. The van der Waals surface area contributed by atoms with Gasteiger partial charge in [0.15, 0.2) is 5.15 Å². The third-order valence-electron chi connectivity index (χ3n) is 3.22. The second-order valence-corrected chi connectivity index (χ2v) is 5.40. The number of halogens is 1. The maximum absolute atomic E-state index is 12.1. The van der Waals surface area contributed by atoms with E-state index in [2.05, 4.69) is 15.3 Å². The lowest BCUT2D eigenvalue weighted by atomic mass is 10.2. The number of aryl methyl sites for hydroxylation is 1. The highest BCUT2D eigenvalue weighted by molar-refractivity contribution is 6.30. The van der Waals surface area contributed by atoms with Crippen LogP contribution < -0.4 is 5.32 Å². The fourth-order valence-electron chi connectivity index (χ4n) is 2.21. The summed E-state index contributed by atoms with van der Waals surface area (Å²) in [5, 5.41) is 3.10. The van der Waals surface area contributed by atoms with E-state index in [9.17, 15) is 4.79 Å². The number of para-hydroxylation sites is 2. The minimum atomic E-state index is -0.169. The third-order valence-corrected chi connectivity index (χ3v) is 3.53. The first-order valence-corrected chi connectivity index (χ1v) is 7.27.